The lowest BCUT2D eigenvalue weighted by atomic mass is 10.0. The van der Waals surface area contributed by atoms with Gasteiger partial charge in [-0.1, -0.05) is 44.2 Å². The third-order valence-electron chi connectivity index (χ3n) is 3.31. The van der Waals surface area contributed by atoms with Gasteiger partial charge in [0.1, 0.15) is 0 Å². The molecule has 2 amide bonds. The Morgan fingerprint density at radius 1 is 1.05 bits per heavy atom. The van der Waals surface area contributed by atoms with E-state index in [1.165, 1.54) is 6.08 Å². The molecule has 4 nitrogen and oxygen atoms in total. The third-order valence-corrected chi connectivity index (χ3v) is 3.31. The fraction of sp³-hybridized carbons (Fsp3) is 0.412. The van der Waals surface area contributed by atoms with E-state index in [1.807, 2.05) is 44.2 Å². The second kappa shape index (κ2) is 9.75. The van der Waals surface area contributed by atoms with Gasteiger partial charge in [0.2, 0.25) is 11.8 Å². The summed E-state index contributed by atoms with van der Waals surface area (Å²) in [4.78, 5) is 23.3. The maximum absolute atomic E-state index is 11.7. The van der Waals surface area contributed by atoms with Gasteiger partial charge in [0.15, 0.2) is 0 Å². The molecule has 0 saturated heterocycles. The third kappa shape index (κ3) is 6.75. The van der Waals surface area contributed by atoms with Gasteiger partial charge in [0.05, 0.1) is 0 Å². The van der Waals surface area contributed by atoms with Gasteiger partial charge in [-0.25, -0.2) is 0 Å². The number of amides is 2. The number of hydrogen-bond donors (Lipinski definition) is 2. The van der Waals surface area contributed by atoms with Gasteiger partial charge in [-0.05, 0) is 24.5 Å². The Kier molecular flexibility index (Phi) is 7.87. The summed E-state index contributed by atoms with van der Waals surface area (Å²) in [5, 5.41) is 5.58. The van der Waals surface area contributed by atoms with E-state index in [1.54, 1.807) is 6.08 Å². The van der Waals surface area contributed by atoms with Crippen LogP contribution in [0.2, 0.25) is 0 Å². The van der Waals surface area contributed by atoms with Gasteiger partial charge >= 0.3 is 0 Å². The molecule has 0 radical (unpaired) electrons. The molecular formula is C17H24N2O2. The maximum atomic E-state index is 11.7. The van der Waals surface area contributed by atoms with Crippen LogP contribution in [-0.2, 0) is 9.59 Å². The van der Waals surface area contributed by atoms with Crippen molar-refractivity contribution < 1.29 is 9.59 Å². The molecule has 114 valence electrons. The van der Waals surface area contributed by atoms with Crippen LogP contribution >= 0.6 is 0 Å². The normalized spacial score (nSPS) is 10.8. The van der Waals surface area contributed by atoms with Crippen molar-refractivity contribution in [1.29, 1.82) is 0 Å². The molecule has 1 aromatic carbocycles. The zero-order valence-corrected chi connectivity index (χ0v) is 12.8. The van der Waals surface area contributed by atoms with E-state index in [2.05, 4.69) is 10.6 Å². The van der Waals surface area contributed by atoms with Gasteiger partial charge in [0.25, 0.3) is 0 Å². The van der Waals surface area contributed by atoms with Crippen molar-refractivity contribution in [3.63, 3.8) is 0 Å². The predicted octanol–water partition coefficient (Wildman–Crippen LogP) is 2.37. The number of carbonyl (C=O) groups is 2. The summed E-state index contributed by atoms with van der Waals surface area (Å²) < 4.78 is 0. The zero-order valence-electron chi connectivity index (χ0n) is 12.8. The van der Waals surface area contributed by atoms with Crippen LogP contribution in [0.25, 0.3) is 6.08 Å². The number of rotatable bonds is 8. The minimum atomic E-state index is -0.157. The second-order valence-electron chi connectivity index (χ2n) is 4.84. The molecule has 0 aromatic heterocycles. The van der Waals surface area contributed by atoms with Gasteiger partial charge in [0, 0.05) is 25.1 Å². The first-order valence-corrected chi connectivity index (χ1v) is 7.46. The average molecular weight is 288 g/mol. The summed E-state index contributed by atoms with van der Waals surface area (Å²) in [7, 11) is 0. The first-order chi connectivity index (χ1) is 10.2. The highest BCUT2D eigenvalue weighted by Gasteiger charge is 2.12. The first kappa shape index (κ1) is 17.0. The first-order valence-electron chi connectivity index (χ1n) is 7.46. The number of benzene rings is 1. The molecule has 2 N–H and O–H groups in total. The van der Waals surface area contributed by atoms with E-state index in [0.717, 1.165) is 18.4 Å². The number of carbonyl (C=O) groups excluding carboxylic acids is 2. The van der Waals surface area contributed by atoms with Gasteiger partial charge in [-0.15, -0.1) is 0 Å². The van der Waals surface area contributed by atoms with Crippen molar-refractivity contribution >= 4 is 17.9 Å². The minimum Gasteiger partial charge on any atom is -0.354 e. The summed E-state index contributed by atoms with van der Waals surface area (Å²) in [6.45, 7) is 4.90. The van der Waals surface area contributed by atoms with Crippen molar-refractivity contribution in [2.45, 2.75) is 26.7 Å². The highest BCUT2D eigenvalue weighted by molar-refractivity contribution is 5.91. The summed E-state index contributed by atoms with van der Waals surface area (Å²) in [6, 6.07) is 9.63. The lowest BCUT2D eigenvalue weighted by molar-refractivity contribution is -0.125. The van der Waals surface area contributed by atoms with Gasteiger partial charge in [-0.2, -0.15) is 0 Å². The highest BCUT2D eigenvalue weighted by Crippen LogP contribution is 2.06. The molecule has 0 atom stereocenters. The Balaban J connectivity index is 2.22. The fourth-order valence-corrected chi connectivity index (χ4v) is 1.97. The Bertz CT molecular complexity index is 465. The minimum absolute atomic E-state index is 0.0640. The number of nitrogens with one attached hydrogen (secondary N) is 2. The monoisotopic (exact) mass is 288 g/mol. The van der Waals surface area contributed by atoms with Gasteiger partial charge in [-0.3, -0.25) is 9.59 Å². The van der Waals surface area contributed by atoms with Crippen LogP contribution in [0.15, 0.2) is 36.4 Å². The lowest BCUT2D eigenvalue weighted by Gasteiger charge is -2.12. The van der Waals surface area contributed by atoms with Crippen molar-refractivity contribution in [2.75, 3.05) is 13.1 Å². The standard InChI is InChI=1S/C17H24N2O2/c1-3-15(4-2)17(21)19-13-12-18-16(20)11-10-14-8-6-5-7-9-14/h5-11,15H,3-4,12-13H2,1-2H3,(H,18,20)(H,19,21)/b11-10+. The molecule has 0 unspecified atom stereocenters. The summed E-state index contributed by atoms with van der Waals surface area (Å²) in [5.41, 5.74) is 0.981. The fourth-order valence-electron chi connectivity index (χ4n) is 1.97. The molecule has 1 rings (SSSR count). The van der Waals surface area contributed by atoms with Gasteiger partial charge < -0.3 is 10.6 Å². The molecule has 0 saturated carbocycles. The van der Waals surface area contributed by atoms with E-state index in [-0.39, 0.29) is 17.7 Å². The molecule has 21 heavy (non-hydrogen) atoms. The molecule has 0 aliphatic carbocycles. The quantitative estimate of drug-likeness (QED) is 0.570. The van der Waals surface area contributed by atoms with Crippen molar-refractivity contribution in [3.8, 4) is 0 Å². The smallest absolute Gasteiger partial charge is 0.244 e. The summed E-state index contributed by atoms with van der Waals surface area (Å²) >= 11 is 0. The molecule has 0 heterocycles. The molecule has 0 spiro atoms. The van der Waals surface area contributed by atoms with E-state index in [4.69, 9.17) is 0 Å². The van der Waals surface area contributed by atoms with Crippen LogP contribution < -0.4 is 10.6 Å². The second-order valence-corrected chi connectivity index (χ2v) is 4.84. The zero-order chi connectivity index (χ0) is 15.5. The van der Waals surface area contributed by atoms with Crippen molar-refractivity contribution in [2.24, 2.45) is 5.92 Å². The molecule has 0 aliphatic rings. The molecule has 1 aromatic rings. The predicted molar refractivity (Wildman–Crippen MR) is 85.6 cm³/mol. The van der Waals surface area contributed by atoms with Crippen LogP contribution in [0.5, 0.6) is 0 Å². The van der Waals surface area contributed by atoms with E-state index < -0.39 is 0 Å². The van der Waals surface area contributed by atoms with Crippen molar-refractivity contribution in [3.05, 3.63) is 42.0 Å². The van der Waals surface area contributed by atoms with E-state index >= 15 is 0 Å². The molecule has 4 heteroatoms. The van der Waals surface area contributed by atoms with Crippen LogP contribution in [0.3, 0.4) is 0 Å². The number of hydrogen-bond acceptors (Lipinski definition) is 2. The Morgan fingerprint density at radius 2 is 1.67 bits per heavy atom. The largest absolute Gasteiger partial charge is 0.354 e. The summed E-state index contributed by atoms with van der Waals surface area (Å²) in [5.74, 6) is -0.0246. The Labute approximate surface area is 126 Å². The average Bonchev–Trinajstić information content (AvgIpc) is 2.52. The molecular weight excluding hydrogens is 264 g/mol. The van der Waals surface area contributed by atoms with Crippen LogP contribution in [0, 0.1) is 5.92 Å². The summed E-state index contributed by atoms with van der Waals surface area (Å²) in [6.07, 6.45) is 4.94. The molecule has 0 aliphatic heterocycles. The highest BCUT2D eigenvalue weighted by atomic mass is 16.2. The van der Waals surface area contributed by atoms with Crippen LogP contribution in [-0.4, -0.2) is 24.9 Å². The van der Waals surface area contributed by atoms with E-state index in [9.17, 15) is 9.59 Å². The van der Waals surface area contributed by atoms with Crippen LogP contribution in [0.4, 0.5) is 0 Å². The van der Waals surface area contributed by atoms with Crippen LogP contribution in [0.1, 0.15) is 32.3 Å². The lowest BCUT2D eigenvalue weighted by Crippen LogP contribution is -2.36. The van der Waals surface area contributed by atoms with Crippen molar-refractivity contribution in [1.82, 2.24) is 10.6 Å². The molecule has 0 bridgehead atoms. The topological polar surface area (TPSA) is 58.2 Å². The van der Waals surface area contributed by atoms with E-state index in [0.29, 0.717) is 13.1 Å². The Morgan fingerprint density at radius 3 is 2.29 bits per heavy atom. The SMILES string of the molecule is CCC(CC)C(=O)NCCNC(=O)/C=C/c1ccccc1. The molecule has 0 fully saturated rings. The Hall–Kier alpha value is -2.10. The maximum Gasteiger partial charge on any atom is 0.244 e.